The second-order valence-electron chi connectivity index (χ2n) is 14.3. The first-order chi connectivity index (χ1) is 28.7. The van der Waals surface area contributed by atoms with E-state index in [9.17, 15) is 0 Å². The van der Waals surface area contributed by atoms with Crippen molar-refractivity contribution in [3.63, 3.8) is 0 Å². The number of nitrogens with zero attached hydrogens (tertiary/aromatic N) is 6. The van der Waals surface area contributed by atoms with Gasteiger partial charge >= 0.3 is 0 Å². The Balaban J connectivity index is 1.07. The van der Waals surface area contributed by atoms with Crippen molar-refractivity contribution in [2.24, 2.45) is 0 Å². The molecule has 11 aromatic rings. The molecule has 0 saturated heterocycles. The Morgan fingerprint density at radius 2 is 0.724 bits per heavy atom. The molecule has 4 heterocycles. The molecule has 0 bridgehead atoms. The summed E-state index contributed by atoms with van der Waals surface area (Å²) in [5.74, 6) is 1.91. The van der Waals surface area contributed by atoms with Gasteiger partial charge in [0.15, 0.2) is 17.5 Å². The van der Waals surface area contributed by atoms with Gasteiger partial charge < -0.3 is 0 Å². The fourth-order valence-electron chi connectivity index (χ4n) is 8.05. The van der Waals surface area contributed by atoms with Gasteiger partial charge in [-0.1, -0.05) is 140 Å². The average Bonchev–Trinajstić information content (AvgIpc) is 3.31. The zero-order valence-corrected chi connectivity index (χ0v) is 31.2. The van der Waals surface area contributed by atoms with E-state index in [4.69, 9.17) is 19.9 Å². The minimum atomic E-state index is 0.629. The SMILES string of the molecule is c1ccc(-c2nc(-c3ccccc3)nc(-c3cccc(-c4ccc5ccc6c(-c7cc(-c8ccccn8)nc(-c8ccccn8)c7)ccc7ccc4c5c76)c3)n2)cc1. The molecule has 270 valence electrons. The predicted molar refractivity (Wildman–Crippen MR) is 235 cm³/mol. The van der Waals surface area contributed by atoms with Crippen molar-refractivity contribution < 1.29 is 0 Å². The Labute approximate surface area is 334 Å². The molecular weight excluding hydrogens is 709 g/mol. The summed E-state index contributed by atoms with van der Waals surface area (Å²) < 4.78 is 0. The van der Waals surface area contributed by atoms with Gasteiger partial charge in [-0.2, -0.15) is 0 Å². The molecule has 0 amide bonds. The van der Waals surface area contributed by atoms with Crippen LogP contribution in [0.25, 0.3) is 112 Å². The smallest absolute Gasteiger partial charge is 0.164 e. The third kappa shape index (κ3) is 5.92. The number of benzene rings is 7. The normalized spacial score (nSPS) is 11.4. The van der Waals surface area contributed by atoms with E-state index in [0.29, 0.717) is 17.5 Å². The molecule has 0 aliphatic rings. The molecule has 0 aliphatic heterocycles. The minimum Gasteiger partial charge on any atom is -0.255 e. The van der Waals surface area contributed by atoms with E-state index in [1.165, 1.54) is 32.3 Å². The van der Waals surface area contributed by atoms with E-state index >= 15 is 0 Å². The molecule has 58 heavy (non-hydrogen) atoms. The Morgan fingerprint density at radius 1 is 0.276 bits per heavy atom. The van der Waals surface area contributed by atoms with Crippen LogP contribution in [-0.4, -0.2) is 29.9 Å². The van der Waals surface area contributed by atoms with Gasteiger partial charge in [0.25, 0.3) is 0 Å². The van der Waals surface area contributed by atoms with E-state index in [-0.39, 0.29) is 0 Å². The third-order valence-corrected chi connectivity index (χ3v) is 10.8. The average molecular weight is 741 g/mol. The summed E-state index contributed by atoms with van der Waals surface area (Å²) in [5, 5.41) is 7.23. The van der Waals surface area contributed by atoms with Crippen LogP contribution in [0.5, 0.6) is 0 Å². The first-order valence-corrected chi connectivity index (χ1v) is 19.3. The minimum absolute atomic E-state index is 0.629. The van der Waals surface area contributed by atoms with Crippen LogP contribution in [0, 0.1) is 0 Å². The lowest BCUT2D eigenvalue weighted by Crippen LogP contribution is -2.00. The van der Waals surface area contributed by atoms with Crippen molar-refractivity contribution in [1.82, 2.24) is 29.9 Å². The lowest BCUT2D eigenvalue weighted by Gasteiger charge is -2.17. The van der Waals surface area contributed by atoms with E-state index in [1.54, 1.807) is 0 Å². The quantitative estimate of drug-likeness (QED) is 0.151. The van der Waals surface area contributed by atoms with Gasteiger partial charge in [-0.05, 0) is 97.0 Å². The zero-order valence-electron chi connectivity index (χ0n) is 31.2. The Morgan fingerprint density at radius 3 is 1.24 bits per heavy atom. The highest BCUT2D eigenvalue weighted by atomic mass is 15.0. The van der Waals surface area contributed by atoms with Crippen LogP contribution in [0.4, 0.5) is 0 Å². The topological polar surface area (TPSA) is 77.3 Å². The number of hydrogen-bond acceptors (Lipinski definition) is 6. The van der Waals surface area contributed by atoms with Gasteiger partial charge in [0.05, 0.1) is 22.8 Å². The highest BCUT2D eigenvalue weighted by molar-refractivity contribution is 6.27. The molecule has 0 unspecified atom stereocenters. The van der Waals surface area contributed by atoms with E-state index in [1.807, 2.05) is 109 Å². The molecule has 0 saturated carbocycles. The lowest BCUT2D eigenvalue weighted by molar-refractivity contribution is 1.07. The Hall–Kier alpha value is -7.96. The fraction of sp³-hybridized carbons (Fsp3) is 0. The standard InChI is InChI=1S/C52H32N6/c1-3-12-35(13-4-1)50-56-51(36-14-5-2-6-15-36)58-52(57-50)38-17-11-16-37(30-38)40-24-20-33-23-27-43-41(25-21-34-22-26-42(40)48(33)49(34)43)39-31-46(44-18-7-9-28-53-44)55-47(32-39)45-19-8-10-29-54-45/h1-32H. The largest absolute Gasteiger partial charge is 0.255 e. The molecule has 6 nitrogen and oxygen atoms in total. The van der Waals surface area contributed by atoms with Gasteiger partial charge in [0, 0.05) is 29.1 Å². The van der Waals surface area contributed by atoms with E-state index in [2.05, 4.69) is 94.9 Å². The fourth-order valence-corrected chi connectivity index (χ4v) is 8.05. The number of aromatic nitrogens is 6. The van der Waals surface area contributed by atoms with Crippen LogP contribution >= 0.6 is 0 Å². The zero-order chi connectivity index (χ0) is 38.4. The third-order valence-electron chi connectivity index (χ3n) is 10.8. The van der Waals surface area contributed by atoms with Crippen LogP contribution in [0.3, 0.4) is 0 Å². The maximum absolute atomic E-state index is 5.04. The number of hydrogen-bond donors (Lipinski definition) is 0. The summed E-state index contributed by atoms with van der Waals surface area (Å²) in [4.78, 5) is 29.3. The molecule has 7 aromatic carbocycles. The molecule has 0 fully saturated rings. The molecule has 0 radical (unpaired) electrons. The molecule has 4 aromatic heterocycles. The van der Waals surface area contributed by atoms with Crippen molar-refractivity contribution in [1.29, 1.82) is 0 Å². The second-order valence-corrected chi connectivity index (χ2v) is 14.3. The Bertz CT molecular complexity index is 3150. The maximum atomic E-state index is 5.04. The summed E-state index contributed by atoms with van der Waals surface area (Å²) in [6, 6.07) is 62.8. The summed E-state index contributed by atoms with van der Waals surface area (Å²) in [5.41, 5.74) is 10.5. The van der Waals surface area contributed by atoms with Crippen LogP contribution in [-0.2, 0) is 0 Å². The number of pyridine rings is 3. The Kier molecular flexibility index (Phi) is 8.04. The maximum Gasteiger partial charge on any atom is 0.164 e. The summed E-state index contributed by atoms with van der Waals surface area (Å²) >= 11 is 0. The van der Waals surface area contributed by atoms with Crippen molar-refractivity contribution in [3.8, 4) is 79.2 Å². The highest BCUT2D eigenvalue weighted by Gasteiger charge is 2.18. The van der Waals surface area contributed by atoms with Crippen molar-refractivity contribution >= 4 is 32.3 Å². The summed E-state index contributed by atoms with van der Waals surface area (Å²) in [6.07, 6.45) is 3.61. The van der Waals surface area contributed by atoms with Gasteiger partial charge in [-0.3, -0.25) is 9.97 Å². The summed E-state index contributed by atoms with van der Waals surface area (Å²) in [7, 11) is 0. The van der Waals surface area contributed by atoms with Crippen LogP contribution < -0.4 is 0 Å². The van der Waals surface area contributed by atoms with E-state index in [0.717, 1.165) is 61.7 Å². The van der Waals surface area contributed by atoms with E-state index < -0.39 is 0 Å². The van der Waals surface area contributed by atoms with Crippen LogP contribution in [0.1, 0.15) is 0 Å². The molecule has 0 aliphatic carbocycles. The first kappa shape index (κ1) is 33.4. The molecule has 0 atom stereocenters. The molecule has 11 rings (SSSR count). The van der Waals surface area contributed by atoms with Crippen LogP contribution in [0.15, 0.2) is 194 Å². The molecule has 0 spiro atoms. The van der Waals surface area contributed by atoms with Crippen molar-refractivity contribution in [2.45, 2.75) is 0 Å². The second kappa shape index (κ2) is 14.0. The first-order valence-electron chi connectivity index (χ1n) is 19.3. The highest BCUT2D eigenvalue weighted by Crippen LogP contribution is 2.43. The van der Waals surface area contributed by atoms with Gasteiger partial charge in [0.2, 0.25) is 0 Å². The summed E-state index contributed by atoms with van der Waals surface area (Å²) in [6.45, 7) is 0. The molecule has 0 N–H and O–H groups in total. The van der Waals surface area contributed by atoms with Crippen LogP contribution in [0.2, 0.25) is 0 Å². The predicted octanol–water partition coefficient (Wildman–Crippen LogP) is 12.6. The van der Waals surface area contributed by atoms with Gasteiger partial charge in [-0.25, -0.2) is 19.9 Å². The number of rotatable bonds is 7. The monoisotopic (exact) mass is 740 g/mol. The lowest BCUT2D eigenvalue weighted by atomic mass is 9.87. The molecular formula is C52H32N6. The molecule has 6 heteroatoms. The van der Waals surface area contributed by atoms with Crippen molar-refractivity contribution in [3.05, 3.63) is 194 Å². The van der Waals surface area contributed by atoms with Gasteiger partial charge in [-0.15, -0.1) is 0 Å². The van der Waals surface area contributed by atoms with Gasteiger partial charge in [0.1, 0.15) is 0 Å². The van der Waals surface area contributed by atoms with Crippen molar-refractivity contribution in [2.75, 3.05) is 0 Å².